The zero-order chi connectivity index (χ0) is 55.8. The predicted molar refractivity (Wildman–Crippen MR) is 261 cm³/mol. The van der Waals surface area contributed by atoms with Crippen molar-refractivity contribution in [3.8, 4) is 0 Å². The quantitative estimate of drug-likeness (QED) is 0.0664. The summed E-state index contributed by atoms with van der Waals surface area (Å²) < 4.78 is 54.8. The van der Waals surface area contributed by atoms with Gasteiger partial charge in [-0.15, -0.1) is 0 Å². The van der Waals surface area contributed by atoms with E-state index in [1.54, 1.807) is 0 Å². The molecule has 0 amide bonds. The van der Waals surface area contributed by atoms with E-state index in [1.807, 2.05) is 6.92 Å². The molecule has 24 heteroatoms. The standard InChI is InChI=1S/C53H88O24/c1-6-22-14-29(77-53(22,5)20-69-49-45(41(65)37(61)32(18-56)73-49)75-47-43(67)39(63)35(59)30(16-54)71-47)21(2)34-28(58)15-27-25-8-7-23-13-24(9-11-51(23,3)26(25)10-12-52(27,34)4)70-50-46(42(66)38(62)33(19-57)74-50)76-48-44(68)40(64)36(60)31(17-55)72-48/h8,21-24,26-50,54-68H,6-7,9-20H2,1-5H3/t21-,22+,23+,24+,26+,27+,28+,29-,30-,31-,32-,33-,34?,35-,36-,37-,38-,39+,40+,41+,42+,43-,44-,45-,46-,47+,48+,49-,50-,51+,52+,53-/m1/s1. The minimum Gasteiger partial charge on any atom is -0.394 e. The summed E-state index contributed by atoms with van der Waals surface area (Å²) in [6.45, 7) is 7.98. The van der Waals surface area contributed by atoms with Crippen molar-refractivity contribution < 1.29 is 119 Å². The molecule has 1 unspecified atom stereocenters. The van der Waals surface area contributed by atoms with Crippen molar-refractivity contribution in [1.82, 2.24) is 0 Å². The average molecular weight is 1110 g/mol. The first-order valence-electron chi connectivity index (χ1n) is 28.0. The Balaban J connectivity index is 0.856. The first-order chi connectivity index (χ1) is 36.5. The summed E-state index contributed by atoms with van der Waals surface area (Å²) in [5.41, 5.74) is 0.105. The maximum absolute atomic E-state index is 12.2. The third-order valence-corrected chi connectivity index (χ3v) is 20.4. The molecule has 3 saturated carbocycles. The van der Waals surface area contributed by atoms with Crippen molar-refractivity contribution >= 4 is 0 Å². The maximum atomic E-state index is 12.2. The highest BCUT2D eigenvalue weighted by molar-refractivity contribution is 5.29. The minimum absolute atomic E-state index is 0.0271. The molecule has 0 spiro atoms. The van der Waals surface area contributed by atoms with E-state index in [0.29, 0.717) is 32.1 Å². The van der Waals surface area contributed by atoms with Crippen LogP contribution >= 0.6 is 0 Å². The highest BCUT2D eigenvalue weighted by atomic mass is 16.8. The van der Waals surface area contributed by atoms with Crippen molar-refractivity contribution in [2.75, 3.05) is 33.0 Å². The topological polar surface area (TPSA) is 387 Å². The van der Waals surface area contributed by atoms with Gasteiger partial charge in [0.05, 0.1) is 56.9 Å². The first kappa shape index (κ1) is 60.4. The fourth-order valence-corrected chi connectivity index (χ4v) is 15.7. The Hall–Kier alpha value is -1.22. The number of aliphatic hydroxyl groups excluding tert-OH is 15. The molecule has 444 valence electrons. The molecule has 15 N–H and O–H groups in total. The minimum atomic E-state index is -1.82. The molecule has 0 aromatic rings. The summed E-state index contributed by atoms with van der Waals surface area (Å²) in [6, 6.07) is 0. The zero-order valence-electron chi connectivity index (χ0n) is 44.6. The second-order valence-electron chi connectivity index (χ2n) is 24.6. The van der Waals surface area contributed by atoms with Gasteiger partial charge in [-0.25, -0.2) is 0 Å². The van der Waals surface area contributed by atoms with Crippen molar-refractivity contribution in [1.29, 1.82) is 0 Å². The van der Waals surface area contributed by atoms with Crippen LogP contribution in [0.4, 0.5) is 0 Å². The van der Waals surface area contributed by atoms with Gasteiger partial charge >= 0.3 is 0 Å². The van der Waals surface area contributed by atoms with Gasteiger partial charge < -0.3 is 119 Å². The molecule has 9 aliphatic rings. The zero-order valence-corrected chi connectivity index (χ0v) is 44.6. The Morgan fingerprint density at radius 3 is 1.58 bits per heavy atom. The van der Waals surface area contributed by atoms with Gasteiger partial charge in [-0.1, -0.05) is 45.8 Å². The molecule has 4 aliphatic carbocycles. The molecule has 24 nitrogen and oxygen atoms in total. The Labute approximate surface area is 448 Å². The van der Waals surface area contributed by atoms with Crippen LogP contribution in [0.25, 0.3) is 0 Å². The monoisotopic (exact) mass is 1110 g/mol. The summed E-state index contributed by atoms with van der Waals surface area (Å²) in [6.07, 6.45) is -23.6. The molecule has 32 atom stereocenters. The third-order valence-electron chi connectivity index (χ3n) is 20.4. The lowest BCUT2D eigenvalue weighted by atomic mass is 9.47. The van der Waals surface area contributed by atoms with Crippen molar-refractivity contribution in [2.24, 2.45) is 46.3 Å². The van der Waals surface area contributed by atoms with E-state index < -0.39 is 167 Å². The van der Waals surface area contributed by atoms with Crippen molar-refractivity contribution in [2.45, 2.75) is 239 Å². The lowest BCUT2D eigenvalue weighted by Crippen LogP contribution is -2.65. The highest BCUT2D eigenvalue weighted by Crippen LogP contribution is 2.67. The highest BCUT2D eigenvalue weighted by Gasteiger charge is 2.63. The van der Waals surface area contributed by atoms with Gasteiger partial charge in [0.2, 0.25) is 0 Å². The van der Waals surface area contributed by atoms with Crippen LogP contribution in [-0.4, -0.2) is 256 Å². The summed E-state index contributed by atoms with van der Waals surface area (Å²) >= 11 is 0. The second kappa shape index (κ2) is 23.8. The lowest BCUT2D eigenvalue weighted by Gasteiger charge is -2.58. The largest absolute Gasteiger partial charge is 0.394 e. The smallest absolute Gasteiger partial charge is 0.187 e. The molecule has 8 fully saturated rings. The van der Waals surface area contributed by atoms with Gasteiger partial charge in [0.15, 0.2) is 25.2 Å². The SMILES string of the molecule is CC[C@H]1C[C@H]([C@@H](C)C2[C@@H](O)C[C@H]3C4=CC[C@H]5C[C@@H](O[C@@H]6O[C@H](CO)[C@@H](O)[C@H](O)[C@H]6O[C@@H]6O[C@H](CO)[C@@H](O)[C@H](O)[C@H]6O)CC[C@]5(C)[C@H]4CC[C@]23C)O[C@]1(C)CO[C@@H]1O[C@H](CO)[C@@H](O)[C@H](O)[C@H]1O[C@@H]1O[C@H](CO)[C@@H](O)[C@H](O)[C@H]1O. The van der Waals surface area contributed by atoms with Crippen LogP contribution in [0.3, 0.4) is 0 Å². The molecule has 0 aromatic heterocycles. The average Bonchev–Trinajstić information content (AvgIpc) is 3.93. The van der Waals surface area contributed by atoms with Crippen LogP contribution in [-0.2, 0) is 42.6 Å². The van der Waals surface area contributed by atoms with Gasteiger partial charge in [0, 0.05) is 0 Å². The van der Waals surface area contributed by atoms with Crippen molar-refractivity contribution in [3.05, 3.63) is 11.6 Å². The molecular weight excluding hydrogens is 1020 g/mol. The third kappa shape index (κ3) is 10.9. The van der Waals surface area contributed by atoms with Gasteiger partial charge in [-0.2, -0.15) is 0 Å². The summed E-state index contributed by atoms with van der Waals surface area (Å²) in [5.74, 6) is 0.335. The van der Waals surface area contributed by atoms with Crippen LogP contribution in [0.2, 0.25) is 0 Å². The van der Waals surface area contributed by atoms with E-state index in [2.05, 4.69) is 33.8 Å². The van der Waals surface area contributed by atoms with Crippen LogP contribution in [0, 0.1) is 46.3 Å². The number of aliphatic hydroxyl groups is 15. The van der Waals surface area contributed by atoms with Crippen molar-refractivity contribution in [3.63, 3.8) is 0 Å². The predicted octanol–water partition coefficient (Wildman–Crippen LogP) is -3.60. The number of hydrogen-bond donors (Lipinski definition) is 15. The van der Waals surface area contributed by atoms with Crippen LogP contribution in [0.1, 0.15) is 92.4 Å². The van der Waals surface area contributed by atoms with Crippen LogP contribution in [0.5, 0.6) is 0 Å². The summed E-state index contributed by atoms with van der Waals surface area (Å²) in [5, 5.41) is 159. The fraction of sp³-hybridized carbons (Fsp3) is 0.962. The first-order valence-corrected chi connectivity index (χ1v) is 28.0. The van der Waals surface area contributed by atoms with E-state index in [1.165, 1.54) is 5.57 Å². The summed E-state index contributed by atoms with van der Waals surface area (Å²) in [4.78, 5) is 0. The maximum Gasteiger partial charge on any atom is 0.187 e. The molecular formula is C53H88O24. The molecule has 5 saturated heterocycles. The Bertz CT molecular complexity index is 1990. The molecule has 0 bridgehead atoms. The Kier molecular flexibility index (Phi) is 18.7. The van der Waals surface area contributed by atoms with Crippen LogP contribution < -0.4 is 0 Å². The number of fused-ring (bicyclic) bond motifs is 5. The van der Waals surface area contributed by atoms with Gasteiger partial charge in [0.25, 0.3) is 0 Å². The molecule has 5 heterocycles. The van der Waals surface area contributed by atoms with E-state index in [-0.39, 0.29) is 59.0 Å². The number of rotatable bonds is 16. The van der Waals surface area contributed by atoms with Gasteiger partial charge in [-0.3, -0.25) is 0 Å². The second-order valence-corrected chi connectivity index (χ2v) is 24.6. The fourth-order valence-electron chi connectivity index (χ4n) is 15.7. The summed E-state index contributed by atoms with van der Waals surface area (Å²) in [7, 11) is 0. The van der Waals surface area contributed by atoms with E-state index in [0.717, 1.165) is 25.7 Å². The van der Waals surface area contributed by atoms with Crippen LogP contribution in [0.15, 0.2) is 11.6 Å². The molecule has 5 aliphatic heterocycles. The lowest BCUT2D eigenvalue weighted by molar-refractivity contribution is -0.373. The van der Waals surface area contributed by atoms with E-state index >= 15 is 0 Å². The molecule has 0 radical (unpaired) electrons. The molecule has 0 aromatic carbocycles. The molecule has 9 rings (SSSR count). The molecule has 77 heavy (non-hydrogen) atoms. The normalized spacial score (nSPS) is 54.5. The van der Waals surface area contributed by atoms with E-state index in [9.17, 15) is 76.6 Å². The number of hydrogen-bond acceptors (Lipinski definition) is 24. The van der Waals surface area contributed by atoms with Gasteiger partial charge in [0.1, 0.15) is 97.7 Å². The Morgan fingerprint density at radius 1 is 0.558 bits per heavy atom. The van der Waals surface area contributed by atoms with E-state index in [4.69, 9.17) is 42.6 Å². The Morgan fingerprint density at radius 2 is 1.05 bits per heavy atom. The number of allylic oxidation sites excluding steroid dienone is 2. The number of ether oxygens (including phenoxy) is 9. The van der Waals surface area contributed by atoms with Gasteiger partial charge in [-0.05, 0) is 105 Å².